The Hall–Kier alpha value is -1.85. The van der Waals surface area contributed by atoms with Crippen molar-refractivity contribution in [1.82, 2.24) is 15.5 Å². The van der Waals surface area contributed by atoms with Gasteiger partial charge in [-0.2, -0.15) is 5.10 Å². The van der Waals surface area contributed by atoms with Crippen LogP contribution >= 0.6 is 0 Å². The van der Waals surface area contributed by atoms with Crippen LogP contribution < -0.4 is 5.32 Å². The van der Waals surface area contributed by atoms with E-state index in [9.17, 15) is 9.59 Å². The van der Waals surface area contributed by atoms with E-state index in [1.165, 1.54) is 0 Å². The van der Waals surface area contributed by atoms with Crippen LogP contribution in [-0.4, -0.2) is 33.7 Å². The van der Waals surface area contributed by atoms with Crippen molar-refractivity contribution in [2.45, 2.75) is 60.1 Å². The third-order valence-corrected chi connectivity index (χ3v) is 2.97. The first-order chi connectivity index (χ1) is 9.53. The Kier molecular flexibility index (Phi) is 5.15. The van der Waals surface area contributed by atoms with Crippen molar-refractivity contribution in [2.24, 2.45) is 5.92 Å². The number of esters is 1. The molecule has 1 aromatic heterocycles. The molecule has 1 rings (SSSR count). The first-order valence-electron chi connectivity index (χ1n) is 7.08. The zero-order valence-electron chi connectivity index (χ0n) is 13.8. The van der Waals surface area contributed by atoms with E-state index in [1.54, 1.807) is 34.6 Å². The zero-order chi connectivity index (χ0) is 16.4. The Morgan fingerprint density at radius 3 is 2.19 bits per heavy atom. The van der Waals surface area contributed by atoms with Gasteiger partial charge in [-0.3, -0.25) is 9.89 Å². The highest BCUT2D eigenvalue weighted by molar-refractivity contribution is 5.98. The van der Waals surface area contributed by atoms with Crippen molar-refractivity contribution in [3.63, 3.8) is 0 Å². The van der Waals surface area contributed by atoms with Gasteiger partial charge in [0.2, 0.25) is 0 Å². The topological polar surface area (TPSA) is 84.1 Å². The number of ether oxygens (including phenoxy) is 1. The standard InChI is InChI=1S/C15H25N3O3/c1-8(2)12(14(20)21-15(5,6)7)16-13(19)11-9(3)17-18-10(11)4/h8,12H,1-7H3,(H,16,19)(H,17,18)/t12-/m1/s1. The Morgan fingerprint density at radius 1 is 1.24 bits per heavy atom. The van der Waals surface area contributed by atoms with Crippen LogP contribution in [0.15, 0.2) is 0 Å². The Labute approximate surface area is 125 Å². The van der Waals surface area contributed by atoms with Crippen molar-refractivity contribution >= 4 is 11.9 Å². The van der Waals surface area contributed by atoms with E-state index in [2.05, 4.69) is 15.5 Å². The van der Waals surface area contributed by atoms with Crippen molar-refractivity contribution in [2.75, 3.05) is 0 Å². The average Bonchev–Trinajstić information content (AvgIpc) is 2.63. The molecule has 0 saturated carbocycles. The zero-order valence-corrected chi connectivity index (χ0v) is 13.8. The largest absolute Gasteiger partial charge is 0.458 e. The first-order valence-corrected chi connectivity index (χ1v) is 7.08. The van der Waals surface area contributed by atoms with E-state index in [0.29, 0.717) is 17.0 Å². The normalized spacial score (nSPS) is 13.1. The summed E-state index contributed by atoms with van der Waals surface area (Å²) in [4.78, 5) is 24.6. The van der Waals surface area contributed by atoms with E-state index in [-0.39, 0.29) is 11.8 Å². The minimum absolute atomic E-state index is 0.0729. The number of nitrogens with zero attached hydrogens (tertiary/aromatic N) is 1. The van der Waals surface area contributed by atoms with Crippen LogP contribution in [0.1, 0.15) is 56.4 Å². The molecule has 0 aliphatic rings. The quantitative estimate of drug-likeness (QED) is 0.833. The second kappa shape index (κ2) is 6.28. The smallest absolute Gasteiger partial charge is 0.329 e. The summed E-state index contributed by atoms with van der Waals surface area (Å²) in [6, 6.07) is -0.689. The van der Waals surface area contributed by atoms with Crippen LogP contribution in [0.5, 0.6) is 0 Å². The Bertz CT molecular complexity index is 507. The average molecular weight is 295 g/mol. The summed E-state index contributed by atoms with van der Waals surface area (Å²) in [5.74, 6) is -0.815. The van der Waals surface area contributed by atoms with Crippen LogP contribution in [0.2, 0.25) is 0 Å². The van der Waals surface area contributed by atoms with Gasteiger partial charge < -0.3 is 10.1 Å². The number of aromatic amines is 1. The minimum atomic E-state index is -0.689. The van der Waals surface area contributed by atoms with E-state index in [0.717, 1.165) is 0 Å². The number of aryl methyl sites for hydroxylation is 2. The molecule has 1 amide bonds. The van der Waals surface area contributed by atoms with Crippen LogP contribution in [-0.2, 0) is 9.53 Å². The van der Waals surface area contributed by atoms with Crippen LogP contribution in [0.25, 0.3) is 0 Å². The Morgan fingerprint density at radius 2 is 1.81 bits per heavy atom. The van der Waals surface area contributed by atoms with Crippen molar-refractivity contribution in [3.8, 4) is 0 Å². The molecule has 0 radical (unpaired) electrons. The number of carbonyl (C=O) groups excluding carboxylic acids is 2. The molecule has 6 nitrogen and oxygen atoms in total. The molecule has 1 aromatic rings. The SMILES string of the molecule is Cc1n[nH]c(C)c1C(=O)N[C@@H](C(=O)OC(C)(C)C)C(C)C. The fraction of sp³-hybridized carbons (Fsp3) is 0.667. The van der Waals surface area contributed by atoms with Crippen molar-refractivity contribution < 1.29 is 14.3 Å². The molecule has 6 heteroatoms. The number of hydrogen-bond acceptors (Lipinski definition) is 4. The number of carbonyl (C=O) groups is 2. The monoisotopic (exact) mass is 295 g/mol. The van der Waals surface area contributed by atoms with Gasteiger partial charge in [0.25, 0.3) is 5.91 Å². The first kappa shape index (κ1) is 17.2. The fourth-order valence-electron chi connectivity index (χ4n) is 1.96. The molecule has 0 aliphatic heterocycles. The Balaban J connectivity index is 2.89. The summed E-state index contributed by atoms with van der Waals surface area (Å²) in [5.41, 5.74) is 1.17. The molecular formula is C15H25N3O3. The van der Waals surface area contributed by atoms with Gasteiger partial charge in [-0.25, -0.2) is 4.79 Å². The number of H-pyrrole nitrogens is 1. The molecule has 0 aliphatic carbocycles. The summed E-state index contributed by atoms with van der Waals surface area (Å²) < 4.78 is 5.36. The van der Waals surface area contributed by atoms with Gasteiger partial charge in [0.15, 0.2) is 0 Å². The van der Waals surface area contributed by atoms with Crippen molar-refractivity contribution in [1.29, 1.82) is 0 Å². The maximum atomic E-state index is 12.4. The summed E-state index contributed by atoms with van der Waals surface area (Å²) in [7, 11) is 0. The lowest BCUT2D eigenvalue weighted by Gasteiger charge is -2.26. The molecule has 0 bridgehead atoms. The molecule has 1 atom stereocenters. The number of rotatable bonds is 4. The maximum Gasteiger partial charge on any atom is 0.329 e. The van der Waals surface area contributed by atoms with Crippen molar-refractivity contribution in [3.05, 3.63) is 17.0 Å². The highest BCUT2D eigenvalue weighted by Gasteiger charge is 2.30. The van der Waals surface area contributed by atoms with Crippen LogP contribution in [0.4, 0.5) is 0 Å². The van der Waals surface area contributed by atoms with E-state index in [4.69, 9.17) is 4.74 Å². The molecule has 0 saturated heterocycles. The lowest BCUT2D eigenvalue weighted by atomic mass is 10.0. The predicted octanol–water partition coefficient (Wildman–Crippen LogP) is 2.12. The van der Waals surface area contributed by atoms with E-state index < -0.39 is 17.6 Å². The number of hydrogen-bond donors (Lipinski definition) is 2. The lowest BCUT2D eigenvalue weighted by Crippen LogP contribution is -2.47. The maximum absolute atomic E-state index is 12.4. The lowest BCUT2D eigenvalue weighted by molar-refractivity contribution is -0.158. The van der Waals surface area contributed by atoms with Gasteiger partial charge in [-0.1, -0.05) is 13.8 Å². The molecule has 1 heterocycles. The molecule has 21 heavy (non-hydrogen) atoms. The molecular weight excluding hydrogens is 270 g/mol. The second-order valence-electron chi connectivity index (χ2n) is 6.54. The third kappa shape index (κ3) is 4.58. The molecule has 0 aromatic carbocycles. The summed E-state index contributed by atoms with van der Waals surface area (Å²) in [6.07, 6.45) is 0. The summed E-state index contributed by atoms with van der Waals surface area (Å²) >= 11 is 0. The van der Waals surface area contributed by atoms with Gasteiger partial charge in [-0.15, -0.1) is 0 Å². The number of amides is 1. The fourth-order valence-corrected chi connectivity index (χ4v) is 1.96. The van der Waals surface area contributed by atoms with Gasteiger partial charge in [0.05, 0.1) is 11.3 Å². The highest BCUT2D eigenvalue weighted by atomic mass is 16.6. The second-order valence-corrected chi connectivity index (χ2v) is 6.54. The summed E-state index contributed by atoms with van der Waals surface area (Å²) in [6.45, 7) is 12.6. The molecule has 0 spiro atoms. The number of aromatic nitrogens is 2. The number of nitrogens with one attached hydrogen (secondary N) is 2. The van der Waals surface area contributed by atoms with Gasteiger partial charge >= 0.3 is 5.97 Å². The highest BCUT2D eigenvalue weighted by Crippen LogP contribution is 2.14. The predicted molar refractivity (Wildman–Crippen MR) is 80.0 cm³/mol. The summed E-state index contributed by atoms with van der Waals surface area (Å²) in [5, 5.41) is 9.50. The molecule has 2 N–H and O–H groups in total. The molecule has 0 unspecified atom stereocenters. The minimum Gasteiger partial charge on any atom is -0.458 e. The van der Waals surface area contributed by atoms with E-state index in [1.807, 2.05) is 13.8 Å². The van der Waals surface area contributed by atoms with Gasteiger partial charge in [0.1, 0.15) is 11.6 Å². The van der Waals surface area contributed by atoms with E-state index >= 15 is 0 Å². The van der Waals surface area contributed by atoms with Gasteiger partial charge in [0, 0.05) is 5.69 Å². The van der Waals surface area contributed by atoms with Crippen LogP contribution in [0, 0.1) is 19.8 Å². The third-order valence-electron chi connectivity index (χ3n) is 2.97. The molecule has 118 valence electrons. The van der Waals surface area contributed by atoms with Gasteiger partial charge in [-0.05, 0) is 40.5 Å². The molecule has 0 fully saturated rings. The van der Waals surface area contributed by atoms with Crippen LogP contribution in [0.3, 0.4) is 0 Å².